The van der Waals surface area contributed by atoms with Crippen molar-refractivity contribution < 1.29 is 4.39 Å². The highest BCUT2D eigenvalue weighted by Gasteiger charge is 2.22. The molecule has 1 aliphatic rings. The minimum atomic E-state index is -0.140. The van der Waals surface area contributed by atoms with Gasteiger partial charge in [-0.1, -0.05) is 39.0 Å². The average Bonchev–Trinajstić information content (AvgIpc) is 2.57. The lowest BCUT2D eigenvalue weighted by Gasteiger charge is -2.13. The molecule has 2 N–H and O–H groups in total. The van der Waals surface area contributed by atoms with Crippen molar-refractivity contribution in [2.75, 3.05) is 0 Å². The van der Waals surface area contributed by atoms with Crippen LogP contribution in [0.4, 0.5) is 4.39 Å². The quantitative estimate of drug-likeness (QED) is 0.783. The van der Waals surface area contributed by atoms with Crippen molar-refractivity contribution in [3.63, 3.8) is 0 Å². The van der Waals surface area contributed by atoms with Crippen LogP contribution in [0.15, 0.2) is 18.2 Å². The Labute approximate surface area is 103 Å². The number of hydrogen-bond acceptors (Lipinski definition) is 1. The van der Waals surface area contributed by atoms with Gasteiger partial charge in [-0.3, -0.25) is 0 Å². The third-order valence-electron chi connectivity index (χ3n) is 3.19. The Morgan fingerprint density at radius 2 is 2.06 bits per heavy atom. The van der Waals surface area contributed by atoms with Crippen molar-refractivity contribution in [1.29, 1.82) is 0 Å². The van der Waals surface area contributed by atoms with Crippen LogP contribution in [-0.2, 0) is 6.42 Å². The Morgan fingerprint density at radius 1 is 1.35 bits per heavy atom. The highest BCUT2D eigenvalue weighted by Crippen LogP contribution is 2.34. The maximum absolute atomic E-state index is 13.9. The topological polar surface area (TPSA) is 26.0 Å². The molecule has 1 aromatic carbocycles. The molecule has 17 heavy (non-hydrogen) atoms. The zero-order valence-electron chi connectivity index (χ0n) is 10.8. The molecule has 1 nitrogen and oxygen atoms in total. The van der Waals surface area contributed by atoms with Gasteiger partial charge in [0.2, 0.25) is 0 Å². The molecule has 1 aliphatic carbocycles. The van der Waals surface area contributed by atoms with Gasteiger partial charge in [0.15, 0.2) is 0 Å². The number of hydrogen-bond donors (Lipinski definition) is 1. The van der Waals surface area contributed by atoms with E-state index in [2.05, 4.69) is 26.8 Å². The summed E-state index contributed by atoms with van der Waals surface area (Å²) in [5.41, 5.74) is 9.00. The number of rotatable bonds is 1. The predicted molar refractivity (Wildman–Crippen MR) is 70.1 cm³/mol. The van der Waals surface area contributed by atoms with Crippen LogP contribution in [-0.4, -0.2) is 0 Å². The Balaban J connectivity index is 2.44. The molecule has 0 heterocycles. The molecule has 0 bridgehead atoms. The lowest BCUT2D eigenvalue weighted by molar-refractivity contribution is 0.546. The Hall–Kier alpha value is -1.15. The van der Waals surface area contributed by atoms with E-state index in [4.69, 9.17) is 5.73 Å². The van der Waals surface area contributed by atoms with Gasteiger partial charge in [-0.25, -0.2) is 4.39 Å². The molecule has 0 aromatic heterocycles. The minimum absolute atomic E-state index is 0.0654. The first-order valence-electron chi connectivity index (χ1n) is 6.14. The molecule has 0 amide bonds. The second-order valence-electron chi connectivity index (χ2n) is 5.87. The van der Waals surface area contributed by atoms with Crippen molar-refractivity contribution in [1.82, 2.24) is 0 Å². The second kappa shape index (κ2) is 4.26. The molecule has 0 saturated carbocycles. The first-order chi connectivity index (χ1) is 7.88. The lowest BCUT2D eigenvalue weighted by atomic mass is 9.93. The number of fused-ring (bicyclic) bond motifs is 1. The van der Waals surface area contributed by atoms with Crippen LogP contribution in [0.2, 0.25) is 0 Å². The molecule has 0 fully saturated rings. The van der Waals surface area contributed by atoms with Crippen molar-refractivity contribution in [2.24, 2.45) is 11.1 Å². The van der Waals surface area contributed by atoms with Gasteiger partial charge >= 0.3 is 0 Å². The average molecular weight is 233 g/mol. The third-order valence-corrected chi connectivity index (χ3v) is 3.19. The van der Waals surface area contributed by atoms with Crippen LogP contribution in [0.25, 0.3) is 6.08 Å². The summed E-state index contributed by atoms with van der Waals surface area (Å²) < 4.78 is 13.9. The van der Waals surface area contributed by atoms with Crippen LogP contribution < -0.4 is 5.73 Å². The van der Waals surface area contributed by atoms with Gasteiger partial charge in [-0.2, -0.15) is 0 Å². The molecular weight excluding hydrogens is 213 g/mol. The van der Waals surface area contributed by atoms with E-state index in [-0.39, 0.29) is 17.3 Å². The molecule has 0 saturated heterocycles. The first-order valence-corrected chi connectivity index (χ1v) is 6.14. The molecule has 2 heteroatoms. The van der Waals surface area contributed by atoms with Gasteiger partial charge in [-0.05, 0) is 35.4 Å². The van der Waals surface area contributed by atoms with Gasteiger partial charge in [0.25, 0.3) is 0 Å². The summed E-state index contributed by atoms with van der Waals surface area (Å²) in [5, 5.41) is 0. The van der Waals surface area contributed by atoms with Gasteiger partial charge in [-0.15, -0.1) is 0 Å². The van der Waals surface area contributed by atoms with E-state index in [0.717, 1.165) is 29.5 Å². The molecule has 92 valence electrons. The largest absolute Gasteiger partial charge is 0.324 e. The van der Waals surface area contributed by atoms with E-state index in [0.29, 0.717) is 0 Å². The summed E-state index contributed by atoms with van der Waals surface area (Å²) >= 11 is 0. The summed E-state index contributed by atoms with van der Waals surface area (Å²) in [7, 11) is 0. The van der Waals surface area contributed by atoms with E-state index in [1.807, 2.05) is 12.1 Å². The van der Waals surface area contributed by atoms with Crippen LogP contribution in [0, 0.1) is 11.2 Å². The molecule has 0 radical (unpaired) electrons. The Kier molecular flexibility index (Phi) is 3.09. The highest BCUT2D eigenvalue weighted by molar-refractivity contribution is 5.59. The molecule has 1 aromatic rings. The van der Waals surface area contributed by atoms with Gasteiger partial charge in [0.1, 0.15) is 5.82 Å². The standard InChI is InChI=1S/C15H20FN/c1-15(2,3)9-8-11-10-5-7-14(17)12(10)4-6-13(11)16/h4,6,8-9,14H,5,7,17H2,1-3H3/b9-8-. The molecule has 0 spiro atoms. The fourth-order valence-corrected chi connectivity index (χ4v) is 2.25. The molecule has 2 rings (SSSR count). The predicted octanol–water partition coefficient (Wildman–Crippen LogP) is 3.83. The van der Waals surface area contributed by atoms with E-state index in [9.17, 15) is 4.39 Å². The van der Waals surface area contributed by atoms with Crippen molar-refractivity contribution in [2.45, 2.75) is 39.7 Å². The summed E-state index contributed by atoms with van der Waals surface area (Å²) in [6.07, 6.45) is 5.77. The van der Waals surface area contributed by atoms with Gasteiger partial charge in [0.05, 0.1) is 0 Å². The third kappa shape index (κ3) is 2.58. The maximum atomic E-state index is 13.9. The van der Waals surface area contributed by atoms with Crippen molar-refractivity contribution in [3.8, 4) is 0 Å². The number of benzene rings is 1. The zero-order chi connectivity index (χ0) is 12.6. The van der Waals surface area contributed by atoms with E-state index in [1.165, 1.54) is 6.07 Å². The fraction of sp³-hybridized carbons (Fsp3) is 0.467. The molecule has 1 atom stereocenters. The van der Waals surface area contributed by atoms with Crippen LogP contribution in [0.3, 0.4) is 0 Å². The van der Waals surface area contributed by atoms with E-state index < -0.39 is 0 Å². The lowest BCUT2D eigenvalue weighted by Crippen LogP contribution is -2.05. The normalized spacial score (nSPS) is 19.9. The highest BCUT2D eigenvalue weighted by atomic mass is 19.1. The van der Waals surface area contributed by atoms with E-state index >= 15 is 0 Å². The van der Waals surface area contributed by atoms with E-state index in [1.54, 1.807) is 0 Å². The van der Waals surface area contributed by atoms with Crippen LogP contribution >= 0.6 is 0 Å². The summed E-state index contributed by atoms with van der Waals surface area (Å²) in [6, 6.07) is 3.44. The smallest absolute Gasteiger partial charge is 0.130 e. The first kappa shape index (κ1) is 12.3. The zero-order valence-corrected chi connectivity index (χ0v) is 10.8. The number of halogens is 1. The summed E-state index contributed by atoms with van der Waals surface area (Å²) in [4.78, 5) is 0. The van der Waals surface area contributed by atoms with Crippen molar-refractivity contribution in [3.05, 3.63) is 40.7 Å². The van der Waals surface area contributed by atoms with Crippen molar-refractivity contribution >= 4 is 6.08 Å². The summed E-state index contributed by atoms with van der Waals surface area (Å²) in [5.74, 6) is -0.140. The fourth-order valence-electron chi connectivity index (χ4n) is 2.25. The van der Waals surface area contributed by atoms with Gasteiger partial charge in [0, 0.05) is 11.6 Å². The van der Waals surface area contributed by atoms with Crippen LogP contribution in [0.1, 0.15) is 49.9 Å². The molecular formula is C15H20FN. The Morgan fingerprint density at radius 3 is 2.71 bits per heavy atom. The molecule has 1 unspecified atom stereocenters. The monoisotopic (exact) mass is 233 g/mol. The number of allylic oxidation sites excluding steroid dienone is 1. The van der Waals surface area contributed by atoms with Gasteiger partial charge < -0.3 is 5.73 Å². The minimum Gasteiger partial charge on any atom is -0.324 e. The summed E-state index contributed by atoms with van der Waals surface area (Å²) in [6.45, 7) is 6.32. The Bertz CT molecular complexity index is 455. The maximum Gasteiger partial charge on any atom is 0.130 e. The van der Waals surface area contributed by atoms with Crippen LogP contribution in [0.5, 0.6) is 0 Å². The number of nitrogens with two attached hydrogens (primary N) is 1. The second-order valence-corrected chi connectivity index (χ2v) is 5.87. The SMILES string of the molecule is CC(C)(C)/C=C\c1c(F)ccc2c1CCC2N. The molecule has 0 aliphatic heterocycles.